The molecule has 1 aliphatic rings. The van der Waals surface area contributed by atoms with Crippen LogP contribution in [-0.2, 0) is 4.79 Å². The topological polar surface area (TPSA) is 69.6 Å². The highest BCUT2D eigenvalue weighted by Crippen LogP contribution is 2.48. The van der Waals surface area contributed by atoms with Gasteiger partial charge in [-0.15, -0.1) is 0 Å². The van der Waals surface area contributed by atoms with Crippen molar-refractivity contribution in [3.63, 3.8) is 0 Å². The van der Waals surface area contributed by atoms with Crippen molar-refractivity contribution in [2.24, 2.45) is 5.92 Å². The molecule has 0 bridgehead atoms. The molecule has 0 aromatic heterocycles. The second-order valence-electron chi connectivity index (χ2n) is 5.69. The van der Waals surface area contributed by atoms with Crippen LogP contribution in [0.3, 0.4) is 0 Å². The maximum Gasteiger partial charge on any atom is 0.224 e. The molecule has 0 radical (unpaired) electrons. The van der Waals surface area contributed by atoms with Crippen LogP contribution in [0.15, 0.2) is 54.6 Å². The minimum absolute atomic E-state index is 0.0269. The van der Waals surface area contributed by atoms with Crippen molar-refractivity contribution >= 4 is 5.91 Å². The third-order valence-electron chi connectivity index (χ3n) is 4.15. The summed E-state index contributed by atoms with van der Waals surface area (Å²) in [5, 5.41) is 21.7. The van der Waals surface area contributed by atoms with Crippen molar-refractivity contribution in [1.82, 2.24) is 5.32 Å². The van der Waals surface area contributed by atoms with Gasteiger partial charge >= 0.3 is 0 Å². The van der Waals surface area contributed by atoms with E-state index in [1.807, 2.05) is 42.5 Å². The van der Waals surface area contributed by atoms with Crippen molar-refractivity contribution in [2.45, 2.75) is 18.4 Å². The molecular formula is C18H19NO3. The Morgan fingerprint density at radius 2 is 1.82 bits per heavy atom. The molecule has 1 aliphatic carbocycles. The van der Waals surface area contributed by atoms with Gasteiger partial charge in [0.2, 0.25) is 5.91 Å². The summed E-state index contributed by atoms with van der Waals surface area (Å²) in [6.45, 7) is -0.119. The number of aliphatic hydroxyl groups excluding tert-OH is 1. The van der Waals surface area contributed by atoms with Crippen molar-refractivity contribution < 1.29 is 15.0 Å². The molecular weight excluding hydrogens is 278 g/mol. The summed E-state index contributed by atoms with van der Waals surface area (Å²) in [7, 11) is 0. The van der Waals surface area contributed by atoms with E-state index in [0.29, 0.717) is 0 Å². The summed E-state index contributed by atoms with van der Waals surface area (Å²) in [5.41, 5.74) is 1.97. The Morgan fingerprint density at radius 3 is 2.45 bits per heavy atom. The van der Waals surface area contributed by atoms with Crippen LogP contribution in [-0.4, -0.2) is 22.7 Å². The number of phenols is 1. The van der Waals surface area contributed by atoms with E-state index in [0.717, 1.165) is 17.5 Å². The van der Waals surface area contributed by atoms with Crippen LogP contribution in [0.1, 0.15) is 29.5 Å². The predicted molar refractivity (Wildman–Crippen MR) is 83.4 cm³/mol. The molecule has 1 fully saturated rings. The standard InChI is InChI=1S/C18H19NO3/c20-11-17(13-4-2-1-3-5-13)19-18(22)16-10-15(16)12-6-8-14(21)9-7-12/h1-9,15-17,20-21H,10-11H2,(H,19,22)/t15-,16+,17?/m1/s1. The van der Waals surface area contributed by atoms with Gasteiger partial charge in [0.25, 0.3) is 0 Å². The lowest BCUT2D eigenvalue weighted by Gasteiger charge is -2.16. The van der Waals surface area contributed by atoms with Crippen molar-refractivity contribution in [3.8, 4) is 5.75 Å². The van der Waals surface area contributed by atoms with Gasteiger partial charge in [-0.3, -0.25) is 4.79 Å². The lowest BCUT2D eigenvalue weighted by atomic mass is 10.1. The molecule has 1 saturated carbocycles. The van der Waals surface area contributed by atoms with Gasteiger partial charge in [-0.2, -0.15) is 0 Å². The van der Waals surface area contributed by atoms with Gasteiger partial charge in [0.1, 0.15) is 5.75 Å². The maximum absolute atomic E-state index is 12.3. The fourth-order valence-corrected chi connectivity index (χ4v) is 2.77. The summed E-state index contributed by atoms with van der Waals surface area (Å²) >= 11 is 0. The molecule has 4 nitrogen and oxygen atoms in total. The number of benzene rings is 2. The van der Waals surface area contributed by atoms with Crippen LogP contribution in [0, 0.1) is 5.92 Å². The Kier molecular flexibility index (Phi) is 4.11. The number of hydrogen-bond donors (Lipinski definition) is 3. The predicted octanol–water partition coefficient (Wildman–Crippen LogP) is 2.35. The lowest BCUT2D eigenvalue weighted by molar-refractivity contribution is -0.123. The lowest BCUT2D eigenvalue weighted by Crippen LogP contribution is -2.32. The zero-order chi connectivity index (χ0) is 15.5. The van der Waals surface area contributed by atoms with Gasteiger partial charge in [-0.05, 0) is 35.6 Å². The van der Waals surface area contributed by atoms with Gasteiger partial charge < -0.3 is 15.5 Å². The van der Waals surface area contributed by atoms with Crippen molar-refractivity contribution in [3.05, 3.63) is 65.7 Å². The molecule has 2 aromatic carbocycles. The Hall–Kier alpha value is -2.33. The fourth-order valence-electron chi connectivity index (χ4n) is 2.77. The Labute approximate surface area is 129 Å². The van der Waals surface area contributed by atoms with E-state index in [9.17, 15) is 15.0 Å². The average molecular weight is 297 g/mol. The number of aromatic hydroxyl groups is 1. The quantitative estimate of drug-likeness (QED) is 0.793. The van der Waals surface area contributed by atoms with E-state index in [-0.39, 0.29) is 36.1 Å². The van der Waals surface area contributed by atoms with Crippen LogP contribution in [0.4, 0.5) is 0 Å². The van der Waals surface area contributed by atoms with Crippen LogP contribution < -0.4 is 5.32 Å². The van der Waals surface area contributed by atoms with Gasteiger partial charge in [-0.25, -0.2) is 0 Å². The summed E-state index contributed by atoms with van der Waals surface area (Å²) in [4.78, 5) is 12.3. The first-order chi connectivity index (χ1) is 10.7. The zero-order valence-corrected chi connectivity index (χ0v) is 12.1. The highest BCUT2D eigenvalue weighted by atomic mass is 16.3. The maximum atomic E-state index is 12.3. The van der Waals surface area contributed by atoms with Crippen molar-refractivity contribution in [2.75, 3.05) is 6.61 Å². The van der Waals surface area contributed by atoms with E-state index in [1.54, 1.807) is 12.1 Å². The molecule has 3 N–H and O–H groups in total. The number of carbonyl (C=O) groups is 1. The van der Waals surface area contributed by atoms with Crippen LogP contribution in [0.2, 0.25) is 0 Å². The molecule has 0 heterocycles. The molecule has 4 heteroatoms. The Balaban J connectivity index is 1.62. The fraction of sp³-hybridized carbons (Fsp3) is 0.278. The number of aliphatic hydroxyl groups is 1. The summed E-state index contributed by atoms with van der Waals surface area (Å²) < 4.78 is 0. The first-order valence-corrected chi connectivity index (χ1v) is 7.44. The zero-order valence-electron chi connectivity index (χ0n) is 12.1. The van der Waals surface area contributed by atoms with Crippen LogP contribution >= 0.6 is 0 Å². The molecule has 114 valence electrons. The normalized spacial score (nSPS) is 21.1. The first kappa shape index (κ1) is 14.6. The second kappa shape index (κ2) is 6.20. The second-order valence-corrected chi connectivity index (χ2v) is 5.69. The number of nitrogens with one attached hydrogen (secondary N) is 1. The molecule has 1 amide bonds. The van der Waals surface area contributed by atoms with E-state index in [2.05, 4.69) is 5.32 Å². The number of hydrogen-bond acceptors (Lipinski definition) is 3. The van der Waals surface area contributed by atoms with E-state index in [4.69, 9.17) is 0 Å². The third-order valence-corrected chi connectivity index (χ3v) is 4.15. The highest BCUT2D eigenvalue weighted by Gasteiger charge is 2.44. The van der Waals surface area contributed by atoms with Gasteiger partial charge in [0, 0.05) is 5.92 Å². The SMILES string of the molecule is O=C(NC(CO)c1ccccc1)[C@H]1C[C@@H]1c1ccc(O)cc1. The molecule has 3 atom stereocenters. The molecule has 22 heavy (non-hydrogen) atoms. The van der Waals surface area contributed by atoms with Gasteiger partial charge in [-0.1, -0.05) is 42.5 Å². The van der Waals surface area contributed by atoms with Crippen LogP contribution in [0.25, 0.3) is 0 Å². The van der Waals surface area contributed by atoms with E-state index in [1.165, 1.54) is 0 Å². The monoisotopic (exact) mass is 297 g/mol. The van der Waals surface area contributed by atoms with Gasteiger partial charge in [0.15, 0.2) is 0 Å². The van der Waals surface area contributed by atoms with Crippen molar-refractivity contribution in [1.29, 1.82) is 0 Å². The highest BCUT2D eigenvalue weighted by molar-refractivity contribution is 5.83. The molecule has 0 aliphatic heterocycles. The Bertz CT molecular complexity index is 639. The summed E-state index contributed by atoms with van der Waals surface area (Å²) in [6, 6.07) is 16.1. The number of rotatable bonds is 5. The number of phenolic OH excluding ortho intramolecular Hbond substituents is 1. The Morgan fingerprint density at radius 1 is 1.14 bits per heavy atom. The number of amides is 1. The average Bonchev–Trinajstić information content (AvgIpc) is 3.34. The molecule has 1 unspecified atom stereocenters. The summed E-state index contributed by atoms with van der Waals surface area (Å²) in [5.74, 6) is 0.355. The van der Waals surface area contributed by atoms with E-state index < -0.39 is 0 Å². The largest absolute Gasteiger partial charge is 0.508 e. The minimum Gasteiger partial charge on any atom is -0.508 e. The van der Waals surface area contributed by atoms with Crippen LogP contribution in [0.5, 0.6) is 5.75 Å². The van der Waals surface area contributed by atoms with E-state index >= 15 is 0 Å². The minimum atomic E-state index is -0.366. The molecule has 2 aromatic rings. The number of carbonyl (C=O) groups excluding carboxylic acids is 1. The smallest absolute Gasteiger partial charge is 0.224 e. The molecule has 3 rings (SSSR count). The van der Waals surface area contributed by atoms with Gasteiger partial charge in [0.05, 0.1) is 12.6 Å². The first-order valence-electron chi connectivity index (χ1n) is 7.44. The molecule has 0 saturated heterocycles. The summed E-state index contributed by atoms with van der Waals surface area (Å²) in [6.07, 6.45) is 0.809. The molecule has 0 spiro atoms. The third kappa shape index (κ3) is 3.12.